The summed E-state index contributed by atoms with van der Waals surface area (Å²) in [5.41, 5.74) is 2.17. The van der Waals surface area contributed by atoms with Crippen molar-refractivity contribution in [2.24, 2.45) is 0 Å². The van der Waals surface area contributed by atoms with Crippen molar-refractivity contribution in [2.45, 2.75) is 13.8 Å². The van der Waals surface area contributed by atoms with Crippen LogP contribution in [0.25, 0.3) is 10.9 Å². The van der Waals surface area contributed by atoms with E-state index in [9.17, 15) is 9.59 Å². The van der Waals surface area contributed by atoms with Gasteiger partial charge in [0.25, 0.3) is 0 Å². The Morgan fingerprint density at radius 1 is 1.00 bits per heavy atom. The van der Waals surface area contributed by atoms with Gasteiger partial charge in [0, 0.05) is 31.1 Å². The van der Waals surface area contributed by atoms with Crippen LogP contribution >= 0.6 is 0 Å². The van der Waals surface area contributed by atoms with Crippen LogP contribution in [0.4, 0.5) is 11.4 Å². The predicted molar refractivity (Wildman–Crippen MR) is 94.1 cm³/mol. The van der Waals surface area contributed by atoms with Crippen molar-refractivity contribution in [3.05, 3.63) is 54.7 Å². The van der Waals surface area contributed by atoms with Crippen LogP contribution in [-0.4, -0.2) is 23.5 Å². The van der Waals surface area contributed by atoms with Gasteiger partial charge in [0.05, 0.1) is 18.3 Å². The van der Waals surface area contributed by atoms with E-state index in [1.165, 1.54) is 13.8 Å². The van der Waals surface area contributed by atoms with Gasteiger partial charge in [-0.3, -0.25) is 19.1 Å². The van der Waals surface area contributed by atoms with Gasteiger partial charge < -0.3 is 4.74 Å². The number of fused-ring (bicyclic) bond motifs is 1. The number of ether oxygens (including phenoxy) is 1. The summed E-state index contributed by atoms with van der Waals surface area (Å²) in [7, 11) is 1.60. The quantitative estimate of drug-likeness (QED) is 0.732. The molecule has 122 valence electrons. The van der Waals surface area contributed by atoms with Crippen molar-refractivity contribution < 1.29 is 14.3 Å². The van der Waals surface area contributed by atoms with Gasteiger partial charge in [0.15, 0.2) is 0 Å². The number of anilines is 2. The first-order valence-corrected chi connectivity index (χ1v) is 7.58. The van der Waals surface area contributed by atoms with E-state index in [0.29, 0.717) is 11.4 Å². The smallest absolute Gasteiger partial charge is 0.228 e. The zero-order valence-electron chi connectivity index (χ0n) is 13.8. The SMILES string of the molecule is COc1ccc(N(C(C)=O)c2cn(C(C)=O)c3ccccc23)cc1. The summed E-state index contributed by atoms with van der Waals surface area (Å²) in [5, 5.41) is 0.846. The van der Waals surface area contributed by atoms with E-state index in [2.05, 4.69) is 0 Å². The zero-order chi connectivity index (χ0) is 17.3. The number of hydrogen-bond donors (Lipinski definition) is 0. The van der Waals surface area contributed by atoms with Crippen molar-refractivity contribution in [2.75, 3.05) is 12.0 Å². The maximum atomic E-state index is 12.3. The molecule has 0 aliphatic carbocycles. The molecule has 0 bridgehead atoms. The normalized spacial score (nSPS) is 10.6. The van der Waals surface area contributed by atoms with Gasteiger partial charge in [-0.15, -0.1) is 0 Å². The molecule has 1 aromatic heterocycles. The number of nitrogens with zero attached hydrogens (tertiary/aromatic N) is 2. The molecule has 0 fully saturated rings. The van der Waals surface area contributed by atoms with Gasteiger partial charge in [-0.05, 0) is 30.3 Å². The van der Waals surface area contributed by atoms with E-state index in [-0.39, 0.29) is 11.8 Å². The molecule has 0 aliphatic rings. The first-order valence-electron chi connectivity index (χ1n) is 7.58. The van der Waals surface area contributed by atoms with Crippen LogP contribution in [0.3, 0.4) is 0 Å². The first kappa shape index (κ1) is 15.8. The molecular formula is C19H18N2O3. The molecule has 2 aromatic carbocycles. The van der Waals surface area contributed by atoms with Crippen LogP contribution in [0.5, 0.6) is 5.75 Å². The van der Waals surface area contributed by atoms with Crippen molar-refractivity contribution in [1.82, 2.24) is 4.57 Å². The Labute approximate surface area is 140 Å². The molecule has 0 saturated carbocycles. The summed E-state index contributed by atoms with van der Waals surface area (Å²) < 4.78 is 6.73. The first-order chi connectivity index (χ1) is 11.5. The van der Waals surface area contributed by atoms with Crippen LogP contribution in [-0.2, 0) is 4.79 Å². The minimum absolute atomic E-state index is 0.101. The molecule has 1 heterocycles. The molecule has 0 N–H and O–H groups in total. The van der Waals surface area contributed by atoms with E-state index < -0.39 is 0 Å². The number of carbonyl (C=O) groups is 2. The van der Waals surface area contributed by atoms with Gasteiger partial charge in [-0.2, -0.15) is 0 Å². The second kappa shape index (κ2) is 6.20. The number of methoxy groups -OCH3 is 1. The lowest BCUT2D eigenvalue weighted by atomic mass is 10.2. The van der Waals surface area contributed by atoms with Gasteiger partial charge >= 0.3 is 0 Å². The number of carbonyl (C=O) groups excluding carboxylic acids is 2. The number of para-hydroxylation sites is 1. The molecule has 0 aliphatic heterocycles. The summed E-state index contributed by atoms with van der Waals surface area (Å²) in [4.78, 5) is 25.8. The Morgan fingerprint density at radius 3 is 2.25 bits per heavy atom. The van der Waals surface area contributed by atoms with E-state index in [4.69, 9.17) is 4.74 Å². The van der Waals surface area contributed by atoms with Crippen molar-refractivity contribution in [3.8, 4) is 5.75 Å². The summed E-state index contributed by atoms with van der Waals surface area (Å²) in [5.74, 6) is 0.482. The monoisotopic (exact) mass is 322 g/mol. The lowest BCUT2D eigenvalue weighted by molar-refractivity contribution is -0.115. The average molecular weight is 322 g/mol. The van der Waals surface area contributed by atoms with Crippen LogP contribution in [0, 0.1) is 0 Å². The predicted octanol–water partition coefficient (Wildman–Crippen LogP) is 3.99. The second-order valence-electron chi connectivity index (χ2n) is 5.47. The molecule has 5 heteroatoms. The van der Waals surface area contributed by atoms with Gasteiger partial charge in [0.1, 0.15) is 5.75 Å². The van der Waals surface area contributed by atoms with Crippen LogP contribution < -0.4 is 9.64 Å². The summed E-state index contributed by atoms with van der Waals surface area (Å²) in [6, 6.07) is 14.8. The van der Waals surface area contributed by atoms with Crippen LogP contribution in [0.2, 0.25) is 0 Å². The molecule has 0 saturated heterocycles. The topological polar surface area (TPSA) is 51.5 Å². The third-order valence-corrected chi connectivity index (χ3v) is 3.92. The molecule has 5 nitrogen and oxygen atoms in total. The maximum Gasteiger partial charge on any atom is 0.228 e. The highest BCUT2D eigenvalue weighted by molar-refractivity contribution is 6.09. The van der Waals surface area contributed by atoms with Crippen molar-refractivity contribution in [3.63, 3.8) is 0 Å². The van der Waals surface area contributed by atoms with Gasteiger partial charge in [-0.1, -0.05) is 18.2 Å². The maximum absolute atomic E-state index is 12.3. The van der Waals surface area contributed by atoms with Crippen molar-refractivity contribution in [1.29, 1.82) is 0 Å². The third-order valence-electron chi connectivity index (χ3n) is 3.92. The number of amides is 1. The Bertz CT molecular complexity index is 910. The minimum Gasteiger partial charge on any atom is -0.497 e. The highest BCUT2D eigenvalue weighted by Gasteiger charge is 2.20. The van der Waals surface area contributed by atoms with E-state index in [1.807, 2.05) is 36.4 Å². The summed E-state index contributed by atoms with van der Waals surface area (Å²) in [6.45, 7) is 3.01. The Morgan fingerprint density at radius 2 is 1.67 bits per heavy atom. The summed E-state index contributed by atoms with van der Waals surface area (Å²) in [6.07, 6.45) is 1.71. The molecule has 0 radical (unpaired) electrons. The Balaban J connectivity index is 2.20. The standard InChI is InChI=1S/C19H18N2O3/c1-13(22)20-12-19(17-6-4-5-7-18(17)20)21(14(2)23)15-8-10-16(24-3)11-9-15/h4-12H,1-3H3. The highest BCUT2D eigenvalue weighted by atomic mass is 16.5. The fourth-order valence-electron chi connectivity index (χ4n) is 2.82. The van der Waals surface area contributed by atoms with E-state index in [0.717, 1.165) is 16.6 Å². The third kappa shape index (κ3) is 2.65. The lowest BCUT2D eigenvalue weighted by Gasteiger charge is -2.20. The Hall–Kier alpha value is -3.08. The molecule has 0 unspecified atom stereocenters. The minimum atomic E-state index is -0.133. The van der Waals surface area contributed by atoms with Crippen molar-refractivity contribution >= 4 is 34.1 Å². The van der Waals surface area contributed by atoms with Crippen LogP contribution in [0.15, 0.2) is 54.7 Å². The average Bonchev–Trinajstić information content (AvgIpc) is 2.95. The van der Waals surface area contributed by atoms with Gasteiger partial charge in [-0.25, -0.2) is 0 Å². The second-order valence-corrected chi connectivity index (χ2v) is 5.47. The molecule has 24 heavy (non-hydrogen) atoms. The zero-order valence-corrected chi connectivity index (χ0v) is 13.8. The lowest BCUT2D eigenvalue weighted by Crippen LogP contribution is -2.22. The molecule has 0 atom stereocenters. The number of rotatable bonds is 3. The molecule has 3 rings (SSSR count). The molecule has 3 aromatic rings. The van der Waals surface area contributed by atoms with Crippen LogP contribution in [0.1, 0.15) is 18.6 Å². The number of benzene rings is 2. The largest absolute Gasteiger partial charge is 0.497 e. The number of aromatic nitrogens is 1. The number of hydrogen-bond acceptors (Lipinski definition) is 3. The highest BCUT2D eigenvalue weighted by Crippen LogP contribution is 2.34. The van der Waals surface area contributed by atoms with Gasteiger partial charge in [0.2, 0.25) is 11.8 Å². The fourth-order valence-corrected chi connectivity index (χ4v) is 2.82. The molecule has 1 amide bonds. The molecular weight excluding hydrogens is 304 g/mol. The molecule has 0 spiro atoms. The fraction of sp³-hybridized carbons (Fsp3) is 0.158. The Kier molecular flexibility index (Phi) is 4.08. The van der Waals surface area contributed by atoms with E-state index in [1.54, 1.807) is 34.9 Å². The summed E-state index contributed by atoms with van der Waals surface area (Å²) >= 11 is 0. The van der Waals surface area contributed by atoms with E-state index >= 15 is 0 Å².